The molecule has 0 amide bonds. The number of hydrogen-bond donors (Lipinski definition) is 0. The molecule has 0 saturated heterocycles. The Hall–Kier alpha value is -4.28. The van der Waals surface area contributed by atoms with E-state index in [2.05, 4.69) is 9.97 Å². The summed E-state index contributed by atoms with van der Waals surface area (Å²) in [6.45, 7) is 2.97. The largest absolute Gasteiger partial charge is 0.495 e. The van der Waals surface area contributed by atoms with Crippen LogP contribution in [0.15, 0.2) is 48.8 Å². The predicted molar refractivity (Wildman–Crippen MR) is 146 cm³/mol. The van der Waals surface area contributed by atoms with Gasteiger partial charge in [0.15, 0.2) is 17.3 Å². The van der Waals surface area contributed by atoms with Gasteiger partial charge in [-0.25, -0.2) is 0 Å². The van der Waals surface area contributed by atoms with Crippen molar-refractivity contribution in [2.45, 2.75) is 13.8 Å². The molecule has 0 spiro atoms. The lowest BCUT2D eigenvalue weighted by atomic mass is 9.93. The van der Waals surface area contributed by atoms with E-state index < -0.39 is 0 Å². The molecular formula is C28H20N2O6S2. The maximum absolute atomic E-state index is 12.2. The minimum Gasteiger partial charge on any atom is -0.495 e. The van der Waals surface area contributed by atoms with Gasteiger partial charge >= 0.3 is 0 Å². The molecule has 0 fully saturated rings. The highest BCUT2D eigenvalue weighted by Crippen LogP contribution is 2.45. The van der Waals surface area contributed by atoms with Gasteiger partial charge in [0.25, 0.3) is 0 Å². The summed E-state index contributed by atoms with van der Waals surface area (Å²) in [5, 5.41) is 1.75. The zero-order valence-electron chi connectivity index (χ0n) is 20.8. The van der Waals surface area contributed by atoms with E-state index in [0.717, 1.165) is 38.1 Å². The van der Waals surface area contributed by atoms with E-state index in [0.29, 0.717) is 31.5 Å². The van der Waals surface area contributed by atoms with Gasteiger partial charge in [-0.2, -0.15) is 0 Å². The number of benzene rings is 1. The lowest BCUT2D eigenvalue weighted by molar-refractivity contribution is 0.0978. The number of nitrogens with zero attached hydrogens (tertiary/aromatic N) is 2. The molecule has 1 aliphatic rings. The van der Waals surface area contributed by atoms with E-state index in [1.807, 2.05) is 18.2 Å². The van der Waals surface area contributed by atoms with Crippen LogP contribution in [0.2, 0.25) is 0 Å². The molecule has 0 N–H and O–H groups in total. The topological polar surface area (TPSA) is 113 Å². The number of aromatic nitrogens is 2. The van der Waals surface area contributed by atoms with E-state index >= 15 is 0 Å². The van der Waals surface area contributed by atoms with Crippen molar-refractivity contribution in [3.05, 3.63) is 80.2 Å². The summed E-state index contributed by atoms with van der Waals surface area (Å²) >= 11 is 2.49. The zero-order valence-corrected chi connectivity index (χ0v) is 22.4. The number of methoxy groups -OCH3 is 2. The standard InChI is InChI=1S/C15H13NO3S.C13H7NO3S/c1-8(17)11-7-10-13(18-2)12-9(5-4-6-16-12)14(19-3)15(10)20-11;1-6(15)9-5-8-11(16)10-7(3-2-4-14-10)12(17)13(8)18-9/h4-7H,1-3H3;2-5H,1H3. The molecule has 0 saturated carbocycles. The molecule has 190 valence electrons. The summed E-state index contributed by atoms with van der Waals surface area (Å²) in [6.07, 6.45) is 3.20. The van der Waals surface area contributed by atoms with Gasteiger partial charge < -0.3 is 9.47 Å². The van der Waals surface area contributed by atoms with Crippen molar-refractivity contribution >= 4 is 66.8 Å². The molecule has 0 atom stereocenters. The molecular weight excluding hydrogens is 524 g/mol. The molecule has 4 aromatic heterocycles. The van der Waals surface area contributed by atoms with E-state index in [1.54, 1.807) is 39.5 Å². The summed E-state index contributed by atoms with van der Waals surface area (Å²) < 4.78 is 12.0. The minimum atomic E-state index is -0.288. The fourth-order valence-corrected chi connectivity index (χ4v) is 6.34. The Kier molecular flexibility index (Phi) is 6.60. The highest BCUT2D eigenvalue weighted by atomic mass is 32.1. The van der Waals surface area contributed by atoms with Crippen LogP contribution in [0, 0.1) is 0 Å². The molecule has 6 rings (SSSR count). The maximum atomic E-state index is 12.2. The van der Waals surface area contributed by atoms with Gasteiger partial charge in [0.1, 0.15) is 17.0 Å². The Morgan fingerprint density at radius 1 is 0.763 bits per heavy atom. The van der Waals surface area contributed by atoms with Gasteiger partial charge in [-0.3, -0.25) is 29.1 Å². The van der Waals surface area contributed by atoms with Crippen molar-refractivity contribution in [1.29, 1.82) is 0 Å². The molecule has 0 radical (unpaired) electrons. The molecule has 8 nitrogen and oxygen atoms in total. The monoisotopic (exact) mass is 544 g/mol. The zero-order chi connectivity index (χ0) is 27.1. The highest BCUT2D eigenvalue weighted by Gasteiger charge is 2.33. The van der Waals surface area contributed by atoms with Gasteiger partial charge in [0, 0.05) is 28.7 Å². The van der Waals surface area contributed by atoms with Crippen LogP contribution in [0.3, 0.4) is 0 Å². The second-order valence-electron chi connectivity index (χ2n) is 8.34. The van der Waals surface area contributed by atoms with Crippen LogP contribution in [0.4, 0.5) is 0 Å². The van der Waals surface area contributed by atoms with Gasteiger partial charge in [0.05, 0.1) is 39.1 Å². The highest BCUT2D eigenvalue weighted by molar-refractivity contribution is 7.21. The van der Waals surface area contributed by atoms with E-state index in [-0.39, 0.29) is 28.8 Å². The van der Waals surface area contributed by atoms with Gasteiger partial charge in [-0.1, -0.05) is 0 Å². The molecule has 1 aromatic carbocycles. The van der Waals surface area contributed by atoms with Crippen molar-refractivity contribution in [3.63, 3.8) is 0 Å². The average Bonchev–Trinajstić information content (AvgIpc) is 3.57. The summed E-state index contributed by atoms with van der Waals surface area (Å²) in [5.41, 5.74) is 1.52. The number of ketones is 4. The van der Waals surface area contributed by atoms with Gasteiger partial charge in [0.2, 0.25) is 11.6 Å². The first-order valence-electron chi connectivity index (χ1n) is 11.4. The van der Waals surface area contributed by atoms with Crippen molar-refractivity contribution in [2.75, 3.05) is 14.2 Å². The lowest BCUT2D eigenvalue weighted by Gasteiger charge is -2.11. The normalized spacial score (nSPS) is 12.0. The van der Waals surface area contributed by atoms with Crippen molar-refractivity contribution in [3.8, 4) is 11.5 Å². The summed E-state index contributed by atoms with van der Waals surface area (Å²) in [6, 6.07) is 10.3. The van der Waals surface area contributed by atoms with E-state index in [4.69, 9.17) is 9.47 Å². The number of thiophene rings is 2. The van der Waals surface area contributed by atoms with Crippen LogP contribution >= 0.6 is 22.7 Å². The molecule has 1 aliphatic carbocycles. The molecule has 4 heterocycles. The first-order chi connectivity index (χ1) is 18.3. The third kappa shape index (κ3) is 4.07. The third-order valence-electron chi connectivity index (χ3n) is 6.00. The number of hydrogen-bond acceptors (Lipinski definition) is 10. The lowest BCUT2D eigenvalue weighted by Crippen LogP contribution is -2.19. The Labute approximate surface area is 224 Å². The number of carbonyl (C=O) groups excluding carboxylic acids is 4. The smallest absolute Gasteiger partial charge is 0.213 e. The van der Waals surface area contributed by atoms with Crippen molar-refractivity contribution < 1.29 is 28.7 Å². The van der Waals surface area contributed by atoms with Crippen LogP contribution < -0.4 is 9.47 Å². The van der Waals surface area contributed by atoms with Gasteiger partial charge in [-0.15, -0.1) is 22.7 Å². The fraction of sp³-hybridized carbons (Fsp3) is 0.143. The molecule has 0 unspecified atom stereocenters. The van der Waals surface area contributed by atoms with Crippen LogP contribution in [-0.4, -0.2) is 47.3 Å². The summed E-state index contributed by atoms with van der Waals surface area (Å²) in [4.78, 5) is 57.1. The molecule has 5 aromatic rings. The number of fused-ring (bicyclic) bond motifs is 4. The minimum absolute atomic E-state index is 0.0346. The number of carbonyl (C=O) groups is 4. The number of pyridine rings is 2. The Bertz CT molecular complexity index is 1690. The molecule has 10 heteroatoms. The number of ether oxygens (including phenoxy) is 2. The quantitative estimate of drug-likeness (QED) is 0.256. The predicted octanol–water partition coefficient (Wildman–Crippen LogP) is 5.79. The second-order valence-corrected chi connectivity index (χ2v) is 10.4. The first-order valence-corrected chi connectivity index (χ1v) is 13.0. The molecule has 38 heavy (non-hydrogen) atoms. The van der Waals surface area contributed by atoms with Crippen molar-refractivity contribution in [1.82, 2.24) is 9.97 Å². The molecule has 0 aliphatic heterocycles. The Morgan fingerprint density at radius 3 is 2.11 bits per heavy atom. The van der Waals surface area contributed by atoms with Crippen LogP contribution in [0.5, 0.6) is 11.5 Å². The van der Waals surface area contributed by atoms with Crippen molar-refractivity contribution in [2.24, 2.45) is 0 Å². The first kappa shape index (κ1) is 25.4. The van der Waals surface area contributed by atoms with Crippen LogP contribution in [0.25, 0.3) is 21.0 Å². The fourth-order valence-electron chi connectivity index (χ4n) is 4.25. The Balaban J connectivity index is 0.000000156. The molecule has 0 bridgehead atoms. The van der Waals surface area contributed by atoms with Crippen LogP contribution in [0.1, 0.15) is 64.5 Å². The average molecular weight is 545 g/mol. The summed E-state index contributed by atoms with van der Waals surface area (Å²) in [7, 11) is 3.24. The second kappa shape index (κ2) is 9.88. The maximum Gasteiger partial charge on any atom is 0.213 e. The Morgan fingerprint density at radius 2 is 1.42 bits per heavy atom. The van der Waals surface area contributed by atoms with E-state index in [1.165, 1.54) is 30.5 Å². The van der Waals surface area contributed by atoms with Crippen LogP contribution in [-0.2, 0) is 0 Å². The van der Waals surface area contributed by atoms with Gasteiger partial charge in [-0.05, 0) is 50.2 Å². The number of rotatable bonds is 4. The third-order valence-corrected chi connectivity index (χ3v) is 8.47. The number of Topliss-reactive ketones (excluding diaryl/α,β-unsaturated/α-hetero) is 2. The van der Waals surface area contributed by atoms with E-state index in [9.17, 15) is 19.2 Å². The summed E-state index contributed by atoms with van der Waals surface area (Å²) in [5.74, 6) is 0.787. The SMILES string of the molecule is CC(=O)c1cc2c(s1)C(=O)c1cccnc1C2=O.COc1c2cc(C(C)=O)sc2c(OC)c2cccnc12.